The van der Waals surface area contributed by atoms with Crippen molar-refractivity contribution in [3.05, 3.63) is 11.2 Å². The summed E-state index contributed by atoms with van der Waals surface area (Å²) in [7, 11) is 1.48. The number of nitrogens with zero attached hydrogens (tertiary/aromatic N) is 2. The second kappa shape index (κ2) is 6.39. The van der Waals surface area contributed by atoms with Gasteiger partial charge in [-0.1, -0.05) is 31.9 Å². The molecule has 1 amide bonds. The van der Waals surface area contributed by atoms with Crippen molar-refractivity contribution in [2.75, 3.05) is 12.4 Å². The van der Waals surface area contributed by atoms with Crippen molar-refractivity contribution in [3.8, 4) is 5.88 Å². The molecule has 1 rings (SSSR count). The summed E-state index contributed by atoms with van der Waals surface area (Å²) in [6, 6.07) is 1.48. The highest BCUT2D eigenvalue weighted by molar-refractivity contribution is 6.29. The molecule has 6 heteroatoms. The van der Waals surface area contributed by atoms with Crippen LogP contribution < -0.4 is 10.1 Å². The quantitative estimate of drug-likeness (QED) is 0.824. The lowest BCUT2D eigenvalue weighted by Gasteiger charge is -2.08. The first kappa shape index (κ1) is 13.7. The maximum absolute atomic E-state index is 11.6. The number of hydrogen-bond donors (Lipinski definition) is 1. The Balaban J connectivity index is 2.67. The molecule has 1 heterocycles. The summed E-state index contributed by atoms with van der Waals surface area (Å²) >= 11 is 5.76. The van der Waals surface area contributed by atoms with Crippen molar-refractivity contribution in [2.24, 2.45) is 5.92 Å². The summed E-state index contributed by atoms with van der Waals surface area (Å²) in [6.07, 6.45) is 1.39. The van der Waals surface area contributed by atoms with E-state index in [9.17, 15) is 4.79 Å². The molecular weight excluding hydrogens is 242 g/mol. The highest BCUT2D eigenvalue weighted by Crippen LogP contribution is 2.16. The molecule has 0 fully saturated rings. The molecule has 1 unspecified atom stereocenters. The number of rotatable bonds is 5. The monoisotopic (exact) mass is 257 g/mol. The van der Waals surface area contributed by atoms with Crippen LogP contribution in [0.3, 0.4) is 0 Å². The molecule has 1 atom stereocenters. The number of carbonyl (C=O) groups excluding carboxylic acids is 1. The molecular formula is C11H16ClN3O2. The van der Waals surface area contributed by atoms with E-state index < -0.39 is 0 Å². The third kappa shape index (κ3) is 4.56. The van der Waals surface area contributed by atoms with Gasteiger partial charge in [-0.2, -0.15) is 4.98 Å². The van der Waals surface area contributed by atoms with E-state index in [1.54, 1.807) is 0 Å². The van der Waals surface area contributed by atoms with Gasteiger partial charge in [-0.25, -0.2) is 4.98 Å². The maximum Gasteiger partial charge on any atom is 0.234 e. The van der Waals surface area contributed by atoms with Gasteiger partial charge in [-0.05, 0) is 5.92 Å². The van der Waals surface area contributed by atoms with E-state index in [0.29, 0.717) is 18.2 Å². The van der Waals surface area contributed by atoms with Crippen molar-refractivity contribution in [3.63, 3.8) is 0 Å². The molecule has 0 aliphatic heterocycles. The lowest BCUT2D eigenvalue weighted by Crippen LogP contribution is -2.16. The van der Waals surface area contributed by atoms with Gasteiger partial charge in [0.2, 0.25) is 17.7 Å². The minimum absolute atomic E-state index is 0.122. The van der Waals surface area contributed by atoms with Gasteiger partial charge >= 0.3 is 0 Å². The average Bonchev–Trinajstić information content (AvgIpc) is 2.27. The molecule has 1 aromatic heterocycles. The maximum atomic E-state index is 11.6. The highest BCUT2D eigenvalue weighted by atomic mass is 35.5. The first-order valence-electron chi connectivity index (χ1n) is 5.43. The first-order chi connectivity index (χ1) is 8.05. The third-order valence-corrected chi connectivity index (χ3v) is 2.56. The zero-order valence-corrected chi connectivity index (χ0v) is 10.9. The summed E-state index contributed by atoms with van der Waals surface area (Å²) in [5.74, 6) is 0.700. The van der Waals surface area contributed by atoms with Crippen molar-refractivity contribution in [1.82, 2.24) is 9.97 Å². The van der Waals surface area contributed by atoms with Gasteiger partial charge in [-0.15, -0.1) is 0 Å². The SMILES string of the molecule is CCC(C)CC(=O)Nc1nc(Cl)cc(OC)n1. The normalized spacial score (nSPS) is 12.0. The van der Waals surface area contributed by atoms with Crippen LogP contribution in [0.5, 0.6) is 5.88 Å². The predicted molar refractivity (Wildman–Crippen MR) is 66.3 cm³/mol. The Morgan fingerprint density at radius 3 is 2.88 bits per heavy atom. The molecule has 0 saturated heterocycles. The number of carbonyl (C=O) groups is 1. The number of ether oxygens (including phenoxy) is 1. The van der Waals surface area contributed by atoms with E-state index in [4.69, 9.17) is 16.3 Å². The zero-order valence-electron chi connectivity index (χ0n) is 10.2. The van der Waals surface area contributed by atoms with E-state index >= 15 is 0 Å². The summed E-state index contributed by atoms with van der Waals surface area (Å²) < 4.78 is 4.93. The fourth-order valence-electron chi connectivity index (χ4n) is 1.19. The Morgan fingerprint density at radius 1 is 1.59 bits per heavy atom. The van der Waals surface area contributed by atoms with Crippen molar-refractivity contribution >= 4 is 23.5 Å². The summed E-state index contributed by atoms with van der Waals surface area (Å²) in [5.41, 5.74) is 0. The van der Waals surface area contributed by atoms with Crippen LogP contribution in [0, 0.1) is 5.92 Å². The number of anilines is 1. The lowest BCUT2D eigenvalue weighted by molar-refractivity contribution is -0.117. The van der Waals surface area contributed by atoms with Crippen LogP contribution in [0.15, 0.2) is 6.07 Å². The molecule has 0 aliphatic carbocycles. The Bertz CT molecular complexity index is 398. The Morgan fingerprint density at radius 2 is 2.29 bits per heavy atom. The van der Waals surface area contributed by atoms with Gasteiger partial charge in [0.1, 0.15) is 5.15 Å². The van der Waals surface area contributed by atoms with Crippen LogP contribution in [0.2, 0.25) is 5.15 Å². The van der Waals surface area contributed by atoms with Gasteiger partial charge in [0.25, 0.3) is 0 Å². The van der Waals surface area contributed by atoms with Crippen LogP contribution in [0.1, 0.15) is 26.7 Å². The molecule has 0 aliphatic rings. The fraction of sp³-hybridized carbons (Fsp3) is 0.545. The van der Waals surface area contributed by atoms with Gasteiger partial charge in [-0.3, -0.25) is 10.1 Å². The van der Waals surface area contributed by atoms with Crippen LogP contribution >= 0.6 is 11.6 Å². The Kier molecular flexibility index (Phi) is 5.15. The first-order valence-corrected chi connectivity index (χ1v) is 5.81. The van der Waals surface area contributed by atoms with E-state index in [-0.39, 0.29) is 17.0 Å². The topological polar surface area (TPSA) is 64.1 Å². The fourth-order valence-corrected chi connectivity index (χ4v) is 1.37. The van der Waals surface area contributed by atoms with Crippen molar-refractivity contribution < 1.29 is 9.53 Å². The Hall–Kier alpha value is -1.36. The van der Waals surface area contributed by atoms with Crippen molar-refractivity contribution in [1.29, 1.82) is 0 Å². The number of methoxy groups -OCH3 is 1. The van der Waals surface area contributed by atoms with Crippen LogP contribution in [-0.2, 0) is 4.79 Å². The molecule has 1 aromatic rings. The second-order valence-electron chi connectivity index (χ2n) is 3.82. The number of nitrogens with one attached hydrogen (secondary N) is 1. The van der Waals surface area contributed by atoms with Gasteiger partial charge < -0.3 is 4.74 Å². The predicted octanol–water partition coefficient (Wildman–Crippen LogP) is 2.51. The largest absolute Gasteiger partial charge is 0.481 e. The standard InChI is InChI=1S/C11H16ClN3O2/c1-4-7(2)5-9(16)14-11-13-8(12)6-10(15-11)17-3/h6-7H,4-5H2,1-3H3,(H,13,14,15,16). The molecule has 1 N–H and O–H groups in total. The highest BCUT2D eigenvalue weighted by Gasteiger charge is 2.10. The smallest absolute Gasteiger partial charge is 0.234 e. The second-order valence-corrected chi connectivity index (χ2v) is 4.21. The number of amides is 1. The summed E-state index contributed by atoms with van der Waals surface area (Å²) in [4.78, 5) is 19.5. The lowest BCUT2D eigenvalue weighted by atomic mass is 10.1. The molecule has 5 nitrogen and oxygen atoms in total. The molecule has 0 radical (unpaired) electrons. The van der Waals surface area contributed by atoms with Crippen molar-refractivity contribution in [2.45, 2.75) is 26.7 Å². The zero-order chi connectivity index (χ0) is 12.8. The third-order valence-electron chi connectivity index (χ3n) is 2.36. The van der Waals surface area contributed by atoms with Crippen LogP contribution in [0.4, 0.5) is 5.95 Å². The van der Waals surface area contributed by atoms with E-state index in [2.05, 4.69) is 15.3 Å². The van der Waals surface area contributed by atoms with Crippen LogP contribution in [0.25, 0.3) is 0 Å². The van der Waals surface area contributed by atoms with Gasteiger partial charge in [0.15, 0.2) is 0 Å². The molecule has 0 bridgehead atoms. The van der Waals surface area contributed by atoms with E-state index in [1.165, 1.54) is 13.2 Å². The van der Waals surface area contributed by atoms with Gasteiger partial charge in [0, 0.05) is 12.5 Å². The van der Waals surface area contributed by atoms with Gasteiger partial charge in [0.05, 0.1) is 7.11 Å². The molecule has 0 aromatic carbocycles. The molecule has 94 valence electrons. The molecule has 0 saturated carbocycles. The number of halogens is 1. The van der Waals surface area contributed by atoms with Crippen LogP contribution in [-0.4, -0.2) is 23.0 Å². The molecule has 17 heavy (non-hydrogen) atoms. The minimum Gasteiger partial charge on any atom is -0.481 e. The minimum atomic E-state index is -0.122. The molecule has 0 spiro atoms. The average molecular weight is 258 g/mol. The Labute approximate surface area is 106 Å². The van der Waals surface area contributed by atoms with E-state index in [1.807, 2.05) is 13.8 Å². The number of aromatic nitrogens is 2. The van der Waals surface area contributed by atoms with E-state index in [0.717, 1.165) is 6.42 Å². The summed E-state index contributed by atoms with van der Waals surface area (Å²) in [5, 5.41) is 2.83. The summed E-state index contributed by atoms with van der Waals surface area (Å²) in [6.45, 7) is 4.05. The number of hydrogen-bond acceptors (Lipinski definition) is 4.